The highest BCUT2D eigenvalue weighted by Gasteiger charge is 2.31. The summed E-state index contributed by atoms with van der Waals surface area (Å²) >= 11 is 0. The molecular formula is C38H41N5O6S. The second-order valence-corrected chi connectivity index (χ2v) is 14.5. The summed E-state index contributed by atoms with van der Waals surface area (Å²) < 4.78 is 35.8. The molecule has 4 aromatic carbocycles. The zero-order valence-corrected chi connectivity index (χ0v) is 28.7. The Morgan fingerprint density at radius 1 is 0.800 bits per heavy atom. The predicted molar refractivity (Wildman–Crippen MR) is 191 cm³/mol. The number of aromatic nitrogens is 2. The van der Waals surface area contributed by atoms with Crippen LogP contribution in [0.2, 0.25) is 0 Å². The van der Waals surface area contributed by atoms with Crippen molar-refractivity contribution in [3.05, 3.63) is 136 Å². The topological polar surface area (TPSA) is 137 Å². The maximum absolute atomic E-state index is 13.9. The van der Waals surface area contributed by atoms with Gasteiger partial charge in [0.05, 0.1) is 22.3 Å². The Balaban J connectivity index is 1.13. The van der Waals surface area contributed by atoms with Crippen LogP contribution in [-0.2, 0) is 39.1 Å². The molecule has 50 heavy (non-hydrogen) atoms. The van der Waals surface area contributed by atoms with Gasteiger partial charge in [-0.05, 0) is 60.7 Å². The standard InChI is InChI=1S/C38H41N5O6S/c1-28(41(25-30-10-4-2-5-11-30)26-31-12-6-3-7-13-31)27-49-38(46)40-22-20-32(21-23-40)42-34-14-8-9-15-35(34)43(37(42)45)50(47,48)33-18-16-29(17-19-33)24-36(39)44/h2-19,28,32H,20-27H2,1H3,(H2,39,44). The van der Waals surface area contributed by atoms with Crippen LogP contribution in [0.3, 0.4) is 0 Å². The van der Waals surface area contributed by atoms with E-state index in [-0.39, 0.29) is 35.5 Å². The number of likely N-dealkylation sites (tertiary alicyclic amines) is 1. The van der Waals surface area contributed by atoms with E-state index in [9.17, 15) is 22.8 Å². The van der Waals surface area contributed by atoms with Gasteiger partial charge in [0.1, 0.15) is 6.61 Å². The minimum Gasteiger partial charge on any atom is -0.448 e. The van der Waals surface area contributed by atoms with Crippen LogP contribution in [0.4, 0.5) is 4.79 Å². The van der Waals surface area contributed by atoms with E-state index in [1.54, 1.807) is 29.2 Å². The second kappa shape index (κ2) is 15.1. The summed E-state index contributed by atoms with van der Waals surface area (Å²) in [6.07, 6.45) is 0.474. The first-order chi connectivity index (χ1) is 24.1. The Kier molecular flexibility index (Phi) is 10.5. The van der Waals surface area contributed by atoms with E-state index in [4.69, 9.17) is 10.5 Å². The van der Waals surface area contributed by atoms with Crippen LogP contribution >= 0.6 is 0 Å². The summed E-state index contributed by atoms with van der Waals surface area (Å²) in [5.41, 5.74) is 8.29. The third kappa shape index (κ3) is 7.66. The lowest BCUT2D eigenvalue weighted by Crippen LogP contribution is -2.43. The summed E-state index contributed by atoms with van der Waals surface area (Å²) in [7, 11) is -4.27. The van der Waals surface area contributed by atoms with Crippen molar-refractivity contribution >= 4 is 33.1 Å². The number of hydrogen-bond acceptors (Lipinski definition) is 7. The molecule has 12 heteroatoms. The molecule has 11 nitrogen and oxygen atoms in total. The van der Waals surface area contributed by atoms with Crippen LogP contribution < -0.4 is 11.4 Å². The number of carbonyl (C=O) groups excluding carboxylic acids is 2. The Hall–Kier alpha value is -5.20. The van der Waals surface area contributed by atoms with E-state index >= 15 is 0 Å². The summed E-state index contributed by atoms with van der Waals surface area (Å²) in [6, 6.07) is 32.6. The van der Waals surface area contributed by atoms with Crippen molar-refractivity contribution in [1.29, 1.82) is 0 Å². The molecule has 1 atom stereocenters. The zero-order valence-electron chi connectivity index (χ0n) is 27.9. The highest BCUT2D eigenvalue weighted by atomic mass is 32.2. The van der Waals surface area contributed by atoms with E-state index in [0.717, 1.165) is 3.97 Å². The highest BCUT2D eigenvalue weighted by molar-refractivity contribution is 7.90. The molecule has 0 bridgehead atoms. The number of nitrogens with zero attached hydrogens (tertiary/aromatic N) is 4. The molecule has 1 saturated heterocycles. The SMILES string of the molecule is CC(COC(=O)N1CCC(n2c(=O)n(S(=O)(=O)c3ccc(CC(N)=O)cc3)c3ccccc32)CC1)N(Cc1ccccc1)Cc1ccccc1. The summed E-state index contributed by atoms with van der Waals surface area (Å²) in [5.74, 6) is -0.530. The van der Waals surface area contributed by atoms with Gasteiger partial charge in [-0.2, -0.15) is 3.97 Å². The lowest BCUT2D eigenvalue weighted by molar-refractivity contribution is -0.117. The Labute approximate surface area is 291 Å². The van der Waals surface area contributed by atoms with Crippen LogP contribution in [0.15, 0.2) is 119 Å². The molecule has 0 spiro atoms. The number of primary amides is 1. The molecule has 0 saturated carbocycles. The first-order valence-electron chi connectivity index (χ1n) is 16.7. The van der Waals surface area contributed by atoms with E-state index in [2.05, 4.69) is 36.1 Å². The molecule has 2 amide bonds. The number of hydrogen-bond donors (Lipinski definition) is 1. The number of carbonyl (C=O) groups is 2. The zero-order chi connectivity index (χ0) is 35.3. The normalized spacial score (nSPS) is 14.6. The molecular weight excluding hydrogens is 655 g/mol. The number of ether oxygens (including phenoxy) is 1. The van der Waals surface area contributed by atoms with Crippen molar-refractivity contribution in [2.45, 2.75) is 56.3 Å². The number of imidazole rings is 1. The van der Waals surface area contributed by atoms with Crippen molar-refractivity contribution in [2.24, 2.45) is 5.73 Å². The number of para-hydroxylation sites is 2. The lowest BCUT2D eigenvalue weighted by Gasteiger charge is -2.33. The van der Waals surface area contributed by atoms with Gasteiger partial charge in [-0.1, -0.05) is 84.9 Å². The van der Waals surface area contributed by atoms with Crippen molar-refractivity contribution in [2.75, 3.05) is 19.7 Å². The lowest BCUT2D eigenvalue weighted by atomic mass is 10.0. The summed E-state index contributed by atoms with van der Waals surface area (Å²) in [4.78, 5) is 42.3. The number of nitrogens with two attached hydrogens (primary N) is 1. The Bertz CT molecular complexity index is 2060. The minimum atomic E-state index is -4.27. The van der Waals surface area contributed by atoms with Crippen LogP contribution in [0.1, 0.15) is 42.5 Å². The fourth-order valence-electron chi connectivity index (χ4n) is 6.51. The van der Waals surface area contributed by atoms with Crippen LogP contribution in [-0.4, -0.2) is 64.5 Å². The fourth-order valence-corrected chi connectivity index (χ4v) is 7.91. The fraction of sp³-hybridized carbons (Fsp3) is 0.289. The number of amides is 2. The van der Waals surface area contributed by atoms with Crippen molar-refractivity contribution < 1.29 is 22.7 Å². The van der Waals surface area contributed by atoms with Crippen molar-refractivity contribution in [3.63, 3.8) is 0 Å². The van der Waals surface area contributed by atoms with Crippen molar-refractivity contribution in [3.8, 4) is 0 Å². The maximum Gasteiger partial charge on any atom is 0.409 e. The summed E-state index contributed by atoms with van der Waals surface area (Å²) in [5, 5.41) is 0. The van der Waals surface area contributed by atoms with E-state index < -0.39 is 27.7 Å². The number of fused-ring (bicyclic) bond motifs is 1. The molecule has 1 unspecified atom stereocenters. The average Bonchev–Trinajstić information content (AvgIpc) is 3.43. The van der Waals surface area contributed by atoms with Gasteiger partial charge in [0.2, 0.25) is 5.91 Å². The van der Waals surface area contributed by atoms with Crippen LogP contribution in [0, 0.1) is 0 Å². The van der Waals surface area contributed by atoms with Crippen molar-refractivity contribution in [1.82, 2.24) is 18.3 Å². The first kappa shape index (κ1) is 34.7. The predicted octanol–water partition coefficient (Wildman–Crippen LogP) is 4.93. The quantitative estimate of drug-likeness (QED) is 0.195. The smallest absolute Gasteiger partial charge is 0.409 e. The Morgan fingerprint density at radius 2 is 1.34 bits per heavy atom. The third-order valence-electron chi connectivity index (χ3n) is 9.20. The molecule has 1 aromatic heterocycles. The van der Waals surface area contributed by atoms with Crippen LogP contribution in [0.25, 0.3) is 11.0 Å². The van der Waals surface area contributed by atoms with E-state index in [1.807, 2.05) is 36.4 Å². The monoisotopic (exact) mass is 695 g/mol. The molecule has 1 fully saturated rings. The summed E-state index contributed by atoms with van der Waals surface area (Å²) in [6.45, 7) is 4.40. The molecule has 0 radical (unpaired) electrons. The molecule has 1 aliphatic rings. The molecule has 2 heterocycles. The van der Waals surface area contributed by atoms with Gasteiger partial charge < -0.3 is 15.4 Å². The van der Waals surface area contributed by atoms with Gasteiger partial charge in [0, 0.05) is 38.3 Å². The first-order valence-corrected chi connectivity index (χ1v) is 18.1. The largest absolute Gasteiger partial charge is 0.448 e. The van der Waals surface area contributed by atoms with Gasteiger partial charge >= 0.3 is 11.8 Å². The van der Waals surface area contributed by atoms with E-state index in [0.29, 0.717) is 50.1 Å². The maximum atomic E-state index is 13.9. The van der Waals surface area contributed by atoms with Gasteiger partial charge in [-0.25, -0.2) is 18.0 Å². The van der Waals surface area contributed by atoms with Crippen LogP contribution in [0.5, 0.6) is 0 Å². The molecule has 260 valence electrons. The third-order valence-corrected chi connectivity index (χ3v) is 10.9. The highest BCUT2D eigenvalue weighted by Crippen LogP contribution is 2.28. The molecule has 6 rings (SSSR count). The molecule has 5 aromatic rings. The van der Waals surface area contributed by atoms with Gasteiger partial charge in [-0.15, -0.1) is 0 Å². The van der Waals surface area contributed by atoms with Gasteiger partial charge in [0.25, 0.3) is 10.0 Å². The molecule has 1 aliphatic heterocycles. The second-order valence-electron chi connectivity index (χ2n) is 12.7. The molecule has 2 N–H and O–H groups in total. The number of piperidine rings is 1. The van der Waals surface area contributed by atoms with E-state index in [1.165, 1.54) is 40.0 Å². The number of benzene rings is 4. The number of rotatable bonds is 12. The minimum absolute atomic E-state index is 0.0220. The Morgan fingerprint density at radius 3 is 1.90 bits per heavy atom. The van der Waals surface area contributed by atoms with Gasteiger partial charge in [0.15, 0.2) is 0 Å². The van der Waals surface area contributed by atoms with Gasteiger partial charge in [-0.3, -0.25) is 14.3 Å². The average molecular weight is 696 g/mol. The molecule has 0 aliphatic carbocycles.